The second-order valence-electron chi connectivity index (χ2n) is 3.45. The molecule has 0 fully saturated rings. The minimum Gasteiger partial charge on any atom is -0.479 e. The molecule has 0 aliphatic carbocycles. The fourth-order valence-corrected chi connectivity index (χ4v) is 1.43. The lowest BCUT2D eigenvalue weighted by Crippen LogP contribution is -2.34. The third-order valence-electron chi connectivity index (χ3n) is 2.31. The van der Waals surface area contributed by atoms with Crippen LogP contribution < -0.4 is 15.8 Å². The number of carbonyl (C=O) groups is 1. The van der Waals surface area contributed by atoms with E-state index in [0.717, 1.165) is 0 Å². The fourth-order valence-electron chi connectivity index (χ4n) is 1.43. The van der Waals surface area contributed by atoms with Crippen LogP contribution in [0.4, 0.5) is 5.69 Å². The molecule has 4 N–H and O–H groups in total. The topological polar surface area (TPSA) is 96.9 Å². The first-order chi connectivity index (χ1) is 7.61. The summed E-state index contributed by atoms with van der Waals surface area (Å²) in [7, 11) is 0. The van der Waals surface area contributed by atoms with E-state index in [0.29, 0.717) is 17.0 Å². The normalized spacial score (nSPS) is 19.7. The third kappa shape index (κ3) is 1.65. The van der Waals surface area contributed by atoms with Crippen LogP contribution in [0.25, 0.3) is 0 Å². The Morgan fingerprint density at radius 1 is 1.62 bits per heavy atom. The Hall–Kier alpha value is -2.24. The molecule has 1 aliphatic heterocycles. The number of hydrogen-bond acceptors (Lipinski definition) is 4. The molecular weight excluding hydrogens is 210 g/mol. The van der Waals surface area contributed by atoms with Gasteiger partial charge in [-0.05, 0) is 25.1 Å². The third-order valence-corrected chi connectivity index (χ3v) is 2.31. The monoisotopic (exact) mass is 221 g/mol. The highest BCUT2D eigenvalue weighted by molar-refractivity contribution is 6.02. The highest BCUT2D eigenvalue weighted by atomic mass is 16.5. The van der Waals surface area contributed by atoms with E-state index in [2.05, 4.69) is 10.5 Å². The quantitative estimate of drug-likeness (QED) is 0.278. The highest BCUT2D eigenvalue weighted by Gasteiger charge is 2.23. The van der Waals surface area contributed by atoms with Crippen molar-refractivity contribution in [3.8, 4) is 5.75 Å². The minimum absolute atomic E-state index is 0.0179. The van der Waals surface area contributed by atoms with Gasteiger partial charge >= 0.3 is 0 Å². The Balaban J connectivity index is 2.40. The van der Waals surface area contributed by atoms with Gasteiger partial charge in [0.15, 0.2) is 11.9 Å². The van der Waals surface area contributed by atoms with Crippen molar-refractivity contribution in [1.82, 2.24) is 0 Å². The number of nitrogens with two attached hydrogens (primary N) is 1. The number of carbonyl (C=O) groups excluding carboxylic acids is 1. The van der Waals surface area contributed by atoms with Crippen LogP contribution in [0.15, 0.2) is 23.4 Å². The lowest BCUT2D eigenvalue weighted by molar-refractivity contribution is -0.122. The van der Waals surface area contributed by atoms with E-state index in [-0.39, 0.29) is 11.7 Å². The summed E-state index contributed by atoms with van der Waals surface area (Å²) in [6.07, 6.45) is -0.512. The Bertz CT molecular complexity index is 470. The van der Waals surface area contributed by atoms with Gasteiger partial charge in [0.25, 0.3) is 5.91 Å². The molecule has 6 heteroatoms. The number of amides is 1. The van der Waals surface area contributed by atoms with Crippen molar-refractivity contribution in [1.29, 1.82) is 0 Å². The zero-order valence-corrected chi connectivity index (χ0v) is 8.60. The van der Waals surface area contributed by atoms with Crippen LogP contribution in [-0.2, 0) is 4.79 Å². The number of nitrogens with one attached hydrogen (secondary N) is 1. The lowest BCUT2D eigenvalue weighted by atomic mass is 10.1. The van der Waals surface area contributed by atoms with Gasteiger partial charge in [-0.25, -0.2) is 0 Å². The average Bonchev–Trinajstić information content (AvgIpc) is 2.29. The smallest absolute Gasteiger partial charge is 0.265 e. The molecule has 0 saturated carbocycles. The minimum atomic E-state index is -0.512. The first-order valence-electron chi connectivity index (χ1n) is 4.71. The number of oxime groups is 1. The second-order valence-corrected chi connectivity index (χ2v) is 3.45. The average molecular weight is 221 g/mol. The van der Waals surface area contributed by atoms with Crippen molar-refractivity contribution in [2.24, 2.45) is 10.9 Å². The molecule has 1 amide bonds. The van der Waals surface area contributed by atoms with Gasteiger partial charge in [0.2, 0.25) is 0 Å². The van der Waals surface area contributed by atoms with Crippen LogP contribution >= 0.6 is 0 Å². The van der Waals surface area contributed by atoms with Gasteiger partial charge in [0, 0.05) is 5.56 Å². The van der Waals surface area contributed by atoms with Crippen molar-refractivity contribution in [2.45, 2.75) is 13.0 Å². The van der Waals surface area contributed by atoms with Gasteiger partial charge in [-0.15, -0.1) is 0 Å². The zero-order chi connectivity index (χ0) is 11.7. The molecule has 84 valence electrons. The van der Waals surface area contributed by atoms with E-state index >= 15 is 0 Å². The first kappa shape index (κ1) is 10.3. The van der Waals surface area contributed by atoms with Crippen molar-refractivity contribution >= 4 is 17.4 Å². The molecular formula is C10H11N3O3. The van der Waals surface area contributed by atoms with Crippen molar-refractivity contribution in [3.05, 3.63) is 23.8 Å². The van der Waals surface area contributed by atoms with Crippen LogP contribution in [0.5, 0.6) is 5.75 Å². The number of anilines is 1. The van der Waals surface area contributed by atoms with Crippen LogP contribution in [0.3, 0.4) is 0 Å². The van der Waals surface area contributed by atoms with E-state index in [1.165, 1.54) is 0 Å². The summed E-state index contributed by atoms with van der Waals surface area (Å²) < 4.78 is 5.36. The maximum Gasteiger partial charge on any atom is 0.265 e. The maximum absolute atomic E-state index is 11.4. The summed E-state index contributed by atoms with van der Waals surface area (Å²) in [4.78, 5) is 11.4. The highest BCUT2D eigenvalue weighted by Crippen LogP contribution is 2.30. The van der Waals surface area contributed by atoms with E-state index < -0.39 is 6.10 Å². The molecule has 0 saturated heterocycles. The van der Waals surface area contributed by atoms with Crippen LogP contribution in [0.1, 0.15) is 12.5 Å². The van der Waals surface area contributed by atoms with E-state index in [9.17, 15) is 4.79 Å². The van der Waals surface area contributed by atoms with E-state index in [4.69, 9.17) is 15.7 Å². The molecule has 2 rings (SSSR count). The Morgan fingerprint density at radius 3 is 3.06 bits per heavy atom. The number of hydrogen-bond donors (Lipinski definition) is 3. The predicted molar refractivity (Wildman–Crippen MR) is 57.7 cm³/mol. The van der Waals surface area contributed by atoms with E-state index in [1.54, 1.807) is 25.1 Å². The number of ether oxygens (including phenoxy) is 1. The Morgan fingerprint density at radius 2 is 2.38 bits per heavy atom. The second kappa shape index (κ2) is 3.73. The summed E-state index contributed by atoms with van der Waals surface area (Å²) in [5, 5.41) is 14.1. The standard InChI is InChI=1S/C10H11N3O3/c1-5-10(14)12-7-4-6(9(11)13-15)2-3-8(7)16-5/h2-5,15H,1H3,(H2,11,13)(H,12,14). The Labute approximate surface area is 91.7 Å². The molecule has 16 heavy (non-hydrogen) atoms. The Kier molecular flexibility index (Phi) is 2.40. The lowest BCUT2D eigenvalue weighted by Gasteiger charge is -2.23. The van der Waals surface area contributed by atoms with Crippen LogP contribution in [-0.4, -0.2) is 23.1 Å². The first-order valence-corrected chi connectivity index (χ1v) is 4.71. The van der Waals surface area contributed by atoms with Crippen molar-refractivity contribution in [3.63, 3.8) is 0 Å². The molecule has 0 bridgehead atoms. The van der Waals surface area contributed by atoms with Gasteiger partial charge in [-0.2, -0.15) is 0 Å². The number of nitrogens with zero attached hydrogens (tertiary/aromatic N) is 1. The molecule has 6 nitrogen and oxygen atoms in total. The predicted octanol–water partition coefficient (Wildman–Crippen LogP) is 0.500. The summed E-state index contributed by atoms with van der Waals surface area (Å²) >= 11 is 0. The molecule has 1 atom stereocenters. The molecule has 1 unspecified atom stereocenters. The number of rotatable bonds is 1. The number of benzene rings is 1. The van der Waals surface area contributed by atoms with Crippen LogP contribution in [0, 0.1) is 0 Å². The largest absolute Gasteiger partial charge is 0.479 e. The van der Waals surface area contributed by atoms with Gasteiger partial charge in [0.05, 0.1) is 5.69 Å². The summed E-state index contributed by atoms with van der Waals surface area (Å²) in [6.45, 7) is 1.66. The van der Waals surface area contributed by atoms with Crippen LogP contribution in [0.2, 0.25) is 0 Å². The van der Waals surface area contributed by atoms with Gasteiger partial charge < -0.3 is 21.0 Å². The fraction of sp³-hybridized carbons (Fsp3) is 0.200. The molecule has 1 heterocycles. The summed E-state index contributed by atoms with van der Waals surface area (Å²) in [5.41, 5.74) is 6.47. The van der Waals surface area contributed by atoms with Gasteiger partial charge in [-0.1, -0.05) is 5.16 Å². The SMILES string of the molecule is CC1Oc2ccc(/C(N)=N/O)cc2NC1=O. The van der Waals surface area contributed by atoms with Crippen molar-refractivity contribution in [2.75, 3.05) is 5.32 Å². The molecule has 1 aromatic carbocycles. The molecule has 1 aromatic rings. The van der Waals surface area contributed by atoms with Gasteiger partial charge in [-0.3, -0.25) is 4.79 Å². The molecule has 0 spiro atoms. The maximum atomic E-state index is 11.4. The molecule has 1 aliphatic rings. The molecule has 0 aromatic heterocycles. The number of amidine groups is 1. The van der Waals surface area contributed by atoms with Gasteiger partial charge in [0.1, 0.15) is 5.75 Å². The number of fused-ring (bicyclic) bond motifs is 1. The molecule has 0 radical (unpaired) electrons. The summed E-state index contributed by atoms with van der Waals surface area (Å²) in [6, 6.07) is 4.91. The van der Waals surface area contributed by atoms with E-state index in [1.807, 2.05) is 0 Å². The zero-order valence-electron chi connectivity index (χ0n) is 8.60. The van der Waals surface area contributed by atoms with Crippen molar-refractivity contribution < 1.29 is 14.7 Å². The summed E-state index contributed by atoms with van der Waals surface area (Å²) in [5.74, 6) is 0.335.